The summed E-state index contributed by atoms with van der Waals surface area (Å²) >= 11 is 0. The summed E-state index contributed by atoms with van der Waals surface area (Å²) in [4.78, 5) is 15.4. The van der Waals surface area contributed by atoms with E-state index in [0.717, 1.165) is 6.54 Å². The molecule has 0 saturated heterocycles. The van der Waals surface area contributed by atoms with Crippen molar-refractivity contribution in [3.8, 4) is 0 Å². The van der Waals surface area contributed by atoms with Crippen LogP contribution in [0.2, 0.25) is 0 Å². The van der Waals surface area contributed by atoms with Crippen LogP contribution in [0.15, 0.2) is 0 Å². The first-order valence-corrected chi connectivity index (χ1v) is 5.28. The van der Waals surface area contributed by atoms with Crippen LogP contribution in [0, 0.1) is 0 Å². The molecule has 1 amide bonds. The van der Waals surface area contributed by atoms with E-state index in [9.17, 15) is 4.79 Å². The molecule has 0 aromatic rings. The molecule has 0 bridgehead atoms. The van der Waals surface area contributed by atoms with Gasteiger partial charge in [-0.25, -0.2) is 0 Å². The van der Waals surface area contributed by atoms with Gasteiger partial charge in [0, 0.05) is 19.6 Å². The Labute approximate surface area is 85.5 Å². The highest BCUT2D eigenvalue weighted by Crippen LogP contribution is 2.26. The molecule has 1 N–H and O–H groups in total. The van der Waals surface area contributed by atoms with Gasteiger partial charge in [0.15, 0.2) is 0 Å². The molecule has 4 nitrogen and oxygen atoms in total. The Balaban J connectivity index is 2.29. The van der Waals surface area contributed by atoms with Crippen LogP contribution in [-0.4, -0.2) is 60.1 Å². The van der Waals surface area contributed by atoms with Crippen LogP contribution in [0.5, 0.6) is 0 Å². The SMILES string of the molecule is CCN(CC(=O)N(C)CCO)C1CC1. The van der Waals surface area contributed by atoms with Crippen molar-refractivity contribution in [2.75, 3.05) is 33.3 Å². The first-order chi connectivity index (χ1) is 6.69. The zero-order valence-electron chi connectivity index (χ0n) is 9.07. The lowest BCUT2D eigenvalue weighted by Gasteiger charge is -2.23. The van der Waals surface area contributed by atoms with Gasteiger partial charge in [-0.15, -0.1) is 0 Å². The molecule has 0 aromatic heterocycles. The molecule has 1 aliphatic carbocycles. The summed E-state index contributed by atoms with van der Waals surface area (Å²) in [5.41, 5.74) is 0. The maximum Gasteiger partial charge on any atom is 0.236 e. The second-order valence-corrected chi connectivity index (χ2v) is 3.83. The van der Waals surface area contributed by atoms with E-state index in [-0.39, 0.29) is 12.5 Å². The number of aliphatic hydroxyl groups is 1. The van der Waals surface area contributed by atoms with E-state index in [1.165, 1.54) is 12.8 Å². The monoisotopic (exact) mass is 200 g/mol. The van der Waals surface area contributed by atoms with Gasteiger partial charge >= 0.3 is 0 Å². The van der Waals surface area contributed by atoms with Gasteiger partial charge in [0.1, 0.15) is 0 Å². The number of hydrogen-bond acceptors (Lipinski definition) is 3. The average Bonchev–Trinajstić information content (AvgIpc) is 2.97. The molecule has 1 aliphatic rings. The minimum absolute atomic E-state index is 0.0395. The van der Waals surface area contributed by atoms with Crippen molar-refractivity contribution in [1.29, 1.82) is 0 Å². The number of carbonyl (C=O) groups is 1. The van der Waals surface area contributed by atoms with Crippen LogP contribution >= 0.6 is 0 Å². The highest BCUT2D eigenvalue weighted by atomic mass is 16.3. The number of carbonyl (C=O) groups excluding carboxylic acids is 1. The van der Waals surface area contributed by atoms with Crippen LogP contribution in [-0.2, 0) is 4.79 Å². The predicted octanol–water partition coefficient (Wildman–Crippen LogP) is -0.0786. The van der Waals surface area contributed by atoms with Crippen molar-refractivity contribution >= 4 is 5.91 Å². The molecule has 0 aliphatic heterocycles. The summed E-state index contributed by atoms with van der Waals surface area (Å²) in [6.45, 7) is 3.98. The van der Waals surface area contributed by atoms with Gasteiger partial charge in [-0.3, -0.25) is 9.69 Å². The Morgan fingerprint density at radius 1 is 1.50 bits per heavy atom. The quantitative estimate of drug-likeness (QED) is 0.652. The summed E-state index contributed by atoms with van der Waals surface area (Å²) in [7, 11) is 1.74. The Morgan fingerprint density at radius 3 is 2.57 bits per heavy atom. The van der Waals surface area contributed by atoms with E-state index in [0.29, 0.717) is 19.1 Å². The molecule has 0 aromatic carbocycles. The largest absolute Gasteiger partial charge is 0.395 e. The summed E-state index contributed by atoms with van der Waals surface area (Å²) < 4.78 is 0. The number of amides is 1. The van der Waals surface area contributed by atoms with Crippen LogP contribution in [0.1, 0.15) is 19.8 Å². The van der Waals surface area contributed by atoms with Gasteiger partial charge in [0.25, 0.3) is 0 Å². The maximum atomic E-state index is 11.6. The molecule has 14 heavy (non-hydrogen) atoms. The highest BCUT2D eigenvalue weighted by molar-refractivity contribution is 5.78. The first kappa shape index (κ1) is 11.5. The summed E-state index contributed by atoms with van der Waals surface area (Å²) in [6, 6.07) is 0.631. The van der Waals surface area contributed by atoms with E-state index >= 15 is 0 Å². The van der Waals surface area contributed by atoms with E-state index in [1.54, 1.807) is 11.9 Å². The average molecular weight is 200 g/mol. The normalized spacial score (nSPS) is 16.0. The molecular formula is C10H20N2O2. The minimum atomic E-state index is 0.0395. The molecule has 1 saturated carbocycles. The predicted molar refractivity (Wildman–Crippen MR) is 55.0 cm³/mol. The van der Waals surface area contributed by atoms with E-state index in [2.05, 4.69) is 11.8 Å². The molecule has 0 atom stereocenters. The third-order valence-electron chi connectivity index (χ3n) is 2.67. The number of nitrogens with zero attached hydrogens (tertiary/aromatic N) is 2. The lowest BCUT2D eigenvalue weighted by atomic mass is 10.4. The Kier molecular flexibility index (Phi) is 4.35. The van der Waals surface area contributed by atoms with Crippen molar-refractivity contribution < 1.29 is 9.90 Å². The van der Waals surface area contributed by atoms with Gasteiger partial charge in [-0.2, -0.15) is 0 Å². The van der Waals surface area contributed by atoms with E-state index < -0.39 is 0 Å². The van der Waals surface area contributed by atoms with Gasteiger partial charge in [0.2, 0.25) is 5.91 Å². The molecule has 0 radical (unpaired) electrons. The highest BCUT2D eigenvalue weighted by Gasteiger charge is 2.29. The van der Waals surface area contributed by atoms with Crippen molar-refractivity contribution in [2.45, 2.75) is 25.8 Å². The van der Waals surface area contributed by atoms with E-state index in [4.69, 9.17) is 5.11 Å². The topological polar surface area (TPSA) is 43.8 Å². The molecule has 0 spiro atoms. The summed E-state index contributed by atoms with van der Waals surface area (Å²) in [5, 5.41) is 8.69. The zero-order chi connectivity index (χ0) is 10.6. The number of hydrogen-bond donors (Lipinski definition) is 1. The molecule has 0 unspecified atom stereocenters. The molecule has 1 fully saturated rings. The zero-order valence-corrected chi connectivity index (χ0v) is 9.07. The Morgan fingerprint density at radius 2 is 2.14 bits per heavy atom. The van der Waals surface area contributed by atoms with Gasteiger partial charge in [-0.1, -0.05) is 6.92 Å². The fourth-order valence-corrected chi connectivity index (χ4v) is 1.51. The van der Waals surface area contributed by atoms with Crippen LogP contribution < -0.4 is 0 Å². The third kappa shape index (κ3) is 3.27. The number of likely N-dealkylation sites (N-methyl/N-ethyl adjacent to an activating group) is 2. The molecule has 4 heteroatoms. The van der Waals surface area contributed by atoms with Crippen LogP contribution in [0.25, 0.3) is 0 Å². The van der Waals surface area contributed by atoms with Crippen molar-refractivity contribution in [3.63, 3.8) is 0 Å². The summed E-state index contributed by atoms with van der Waals surface area (Å²) in [5.74, 6) is 0.104. The third-order valence-corrected chi connectivity index (χ3v) is 2.67. The van der Waals surface area contributed by atoms with Crippen LogP contribution in [0.3, 0.4) is 0 Å². The van der Waals surface area contributed by atoms with Gasteiger partial charge in [0.05, 0.1) is 13.2 Å². The lowest BCUT2D eigenvalue weighted by molar-refractivity contribution is -0.131. The smallest absolute Gasteiger partial charge is 0.236 e. The van der Waals surface area contributed by atoms with Crippen molar-refractivity contribution in [2.24, 2.45) is 0 Å². The second kappa shape index (κ2) is 5.32. The summed E-state index contributed by atoms with van der Waals surface area (Å²) in [6.07, 6.45) is 2.45. The van der Waals surface area contributed by atoms with Gasteiger partial charge < -0.3 is 10.0 Å². The number of rotatable bonds is 6. The standard InChI is InChI=1S/C10H20N2O2/c1-3-12(9-4-5-9)8-10(14)11(2)6-7-13/h9,13H,3-8H2,1-2H3. The van der Waals surface area contributed by atoms with Gasteiger partial charge in [-0.05, 0) is 19.4 Å². The molecule has 1 rings (SSSR count). The second-order valence-electron chi connectivity index (χ2n) is 3.83. The first-order valence-electron chi connectivity index (χ1n) is 5.28. The Hall–Kier alpha value is -0.610. The lowest BCUT2D eigenvalue weighted by Crippen LogP contribution is -2.40. The Bertz CT molecular complexity index is 193. The molecule has 82 valence electrons. The fourth-order valence-electron chi connectivity index (χ4n) is 1.51. The maximum absolute atomic E-state index is 11.6. The fraction of sp³-hybridized carbons (Fsp3) is 0.900. The van der Waals surface area contributed by atoms with Crippen molar-refractivity contribution in [1.82, 2.24) is 9.80 Å². The molecular weight excluding hydrogens is 180 g/mol. The minimum Gasteiger partial charge on any atom is -0.395 e. The molecule has 0 heterocycles. The van der Waals surface area contributed by atoms with Crippen LogP contribution in [0.4, 0.5) is 0 Å². The van der Waals surface area contributed by atoms with E-state index in [1.807, 2.05) is 0 Å². The number of aliphatic hydroxyl groups excluding tert-OH is 1. The van der Waals surface area contributed by atoms with Crippen molar-refractivity contribution in [3.05, 3.63) is 0 Å².